The number of carbonyl (C=O) groups is 4. The predicted molar refractivity (Wildman–Crippen MR) is 264 cm³/mol. The maximum absolute atomic E-state index is 13.6. The molecular weight excluding hydrogens is 863 g/mol. The molecule has 5 aliphatic heterocycles. The van der Waals surface area contributed by atoms with Gasteiger partial charge in [-0.15, -0.1) is 0 Å². The molecule has 2 unspecified atom stereocenters. The van der Waals surface area contributed by atoms with E-state index in [0.29, 0.717) is 55.0 Å². The number of carbonyl (C=O) groups excluding carboxylic acids is 4. The number of fused-ring (bicyclic) bond motifs is 3. The molecule has 3 aromatic carbocycles. The van der Waals surface area contributed by atoms with Gasteiger partial charge in [0.1, 0.15) is 6.04 Å². The number of piperazine rings is 1. The molecule has 6 aliphatic rings. The molecule has 0 saturated carbocycles. The van der Waals surface area contributed by atoms with E-state index in [2.05, 4.69) is 109 Å². The Balaban J connectivity index is 0.605. The summed E-state index contributed by atoms with van der Waals surface area (Å²) in [6.07, 6.45) is 14.5. The molecule has 69 heavy (non-hydrogen) atoms. The van der Waals surface area contributed by atoms with Gasteiger partial charge in [-0.05, 0) is 101 Å². The Hall–Kier alpha value is -7.11. The van der Waals surface area contributed by atoms with Gasteiger partial charge in [-0.1, -0.05) is 73.4 Å². The summed E-state index contributed by atoms with van der Waals surface area (Å²) in [4.78, 5) is 76.0. The second-order valence-electron chi connectivity index (χ2n) is 19.4. The Morgan fingerprint density at radius 3 is 2.38 bits per heavy atom. The van der Waals surface area contributed by atoms with E-state index in [4.69, 9.17) is 4.98 Å². The highest BCUT2D eigenvalue weighted by atomic mass is 16.2. The molecule has 0 radical (unpaired) electrons. The lowest BCUT2D eigenvalue weighted by atomic mass is 9.93. The molecule has 1 aliphatic carbocycles. The van der Waals surface area contributed by atoms with Crippen LogP contribution in [0.15, 0.2) is 91.3 Å². The molecule has 1 N–H and O–H groups in total. The third-order valence-electron chi connectivity index (χ3n) is 14.5. The second-order valence-corrected chi connectivity index (χ2v) is 19.4. The first-order chi connectivity index (χ1) is 33.6. The summed E-state index contributed by atoms with van der Waals surface area (Å²) in [6, 6.07) is 24.3. The third kappa shape index (κ3) is 9.65. The molecule has 5 aromatic rings. The molecular formula is C56H55N9O4. The third-order valence-corrected chi connectivity index (χ3v) is 14.5. The molecule has 4 amide bonds. The van der Waals surface area contributed by atoms with E-state index in [1.807, 2.05) is 53.7 Å². The Labute approximate surface area is 402 Å². The predicted octanol–water partition coefficient (Wildman–Crippen LogP) is 5.73. The molecule has 2 atom stereocenters. The number of hydrogen-bond acceptors (Lipinski definition) is 10. The molecule has 11 rings (SSSR count). The van der Waals surface area contributed by atoms with E-state index in [9.17, 15) is 19.2 Å². The van der Waals surface area contributed by atoms with Gasteiger partial charge in [0.2, 0.25) is 11.8 Å². The molecule has 0 spiro atoms. The number of likely N-dealkylation sites (tertiary alicyclic amines) is 1. The van der Waals surface area contributed by atoms with Crippen molar-refractivity contribution >= 4 is 41.9 Å². The lowest BCUT2D eigenvalue weighted by molar-refractivity contribution is -0.136. The highest BCUT2D eigenvalue weighted by Gasteiger charge is 2.40. The van der Waals surface area contributed by atoms with Crippen LogP contribution in [-0.4, -0.2) is 128 Å². The summed E-state index contributed by atoms with van der Waals surface area (Å²) in [5.41, 5.74) is 11.7. The maximum Gasteiger partial charge on any atom is 0.255 e. The molecule has 348 valence electrons. The van der Waals surface area contributed by atoms with Crippen LogP contribution in [0, 0.1) is 17.8 Å². The van der Waals surface area contributed by atoms with Crippen LogP contribution >= 0.6 is 0 Å². The van der Waals surface area contributed by atoms with Crippen LogP contribution in [0.4, 0.5) is 0 Å². The van der Waals surface area contributed by atoms with Crippen molar-refractivity contribution in [2.45, 2.75) is 64.3 Å². The maximum atomic E-state index is 13.6. The monoisotopic (exact) mass is 917 g/mol. The number of nitrogens with one attached hydrogen (secondary N) is 1. The van der Waals surface area contributed by atoms with E-state index in [1.165, 1.54) is 11.1 Å². The summed E-state index contributed by atoms with van der Waals surface area (Å²) in [7, 11) is 0. The second kappa shape index (κ2) is 19.1. The smallest absolute Gasteiger partial charge is 0.255 e. The van der Waals surface area contributed by atoms with Gasteiger partial charge in [0.05, 0.1) is 24.5 Å². The fraction of sp³-hybridized carbons (Fsp3) is 0.339. The van der Waals surface area contributed by atoms with E-state index in [1.54, 1.807) is 4.90 Å². The zero-order valence-electron chi connectivity index (χ0n) is 38.9. The van der Waals surface area contributed by atoms with Crippen LogP contribution in [0.1, 0.15) is 90.8 Å². The SMILES string of the molecule is CC1C=Cc2ncc(-c3ncc4c(n3)CN(C(=O)c3ccc(/C=C/c5ccc(C#CCN6CCN(C7CN(Cc8ccc9c(c8)CN(C8CCC(=O)NC8=O)C9=O)C7)CC6)cc5)cc3)CC4)cc2C1. The Kier molecular flexibility index (Phi) is 12.3. The van der Waals surface area contributed by atoms with Gasteiger partial charge in [0.25, 0.3) is 11.8 Å². The number of aromatic nitrogens is 3. The van der Waals surface area contributed by atoms with E-state index in [-0.39, 0.29) is 30.0 Å². The van der Waals surface area contributed by atoms with Crippen LogP contribution in [-0.2, 0) is 42.1 Å². The highest BCUT2D eigenvalue weighted by Crippen LogP contribution is 2.31. The molecule has 2 aromatic heterocycles. The number of amides is 4. The number of nitrogens with zero attached hydrogens (tertiary/aromatic N) is 8. The van der Waals surface area contributed by atoms with Gasteiger partial charge < -0.3 is 9.80 Å². The Bertz CT molecular complexity index is 2960. The average molecular weight is 918 g/mol. The van der Waals surface area contributed by atoms with Gasteiger partial charge in [-0.25, -0.2) is 9.97 Å². The van der Waals surface area contributed by atoms with E-state index >= 15 is 0 Å². The molecule has 13 heteroatoms. The molecule has 0 bridgehead atoms. The first-order valence-corrected chi connectivity index (χ1v) is 24.3. The largest absolute Gasteiger partial charge is 0.332 e. The average Bonchev–Trinajstić information content (AvgIpc) is 3.68. The van der Waals surface area contributed by atoms with E-state index in [0.717, 1.165) is 110 Å². The Morgan fingerprint density at radius 2 is 1.59 bits per heavy atom. The van der Waals surface area contributed by atoms with Crippen LogP contribution in [0.5, 0.6) is 0 Å². The van der Waals surface area contributed by atoms with Gasteiger partial charge in [-0.2, -0.15) is 0 Å². The number of piperidine rings is 1. The van der Waals surface area contributed by atoms with Crippen molar-refractivity contribution < 1.29 is 19.2 Å². The molecule has 3 saturated heterocycles. The quantitative estimate of drug-likeness (QED) is 0.111. The van der Waals surface area contributed by atoms with Crippen LogP contribution in [0.3, 0.4) is 0 Å². The number of pyridine rings is 1. The number of rotatable bonds is 9. The van der Waals surface area contributed by atoms with Crippen molar-refractivity contribution in [3.05, 3.63) is 153 Å². The van der Waals surface area contributed by atoms with Gasteiger partial charge in [0, 0.05) is 106 Å². The summed E-state index contributed by atoms with van der Waals surface area (Å²) in [6.45, 7) is 11.4. The Morgan fingerprint density at radius 1 is 0.812 bits per heavy atom. The van der Waals surface area contributed by atoms with Crippen molar-refractivity contribution in [2.75, 3.05) is 52.4 Å². The van der Waals surface area contributed by atoms with Gasteiger partial charge in [0.15, 0.2) is 5.82 Å². The first kappa shape index (κ1) is 44.4. The lowest BCUT2D eigenvalue weighted by Crippen LogP contribution is -2.62. The minimum Gasteiger partial charge on any atom is -0.332 e. The first-order valence-electron chi connectivity index (χ1n) is 24.3. The standard InChI is InChI=1S/C56H55N9O4/c1-37-4-17-49-44(27-37)29-45(31-57-49)53-58-30-43-20-22-64(36-50(43)59-53)55(68)42-14-11-40(12-15-42)10-9-39-7-5-38(6-8-39)3-2-21-61-23-25-63(26-24-61)47-34-62(35-47)32-41-13-16-48-46(28-41)33-65(56(48)69)51-18-19-52(66)60-54(51)67/h4-17,28-31,37,47,51H,18-27,32-36H2,1H3,(H,60,66,67)/b10-9+. The van der Waals surface area contributed by atoms with E-state index < -0.39 is 6.04 Å². The number of hydrogen-bond donors (Lipinski definition) is 1. The zero-order chi connectivity index (χ0) is 47.0. The number of benzene rings is 3. The van der Waals surface area contributed by atoms with Crippen LogP contribution in [0.25, 0.3) is 29.6 Å². The molecule has 13 nitrogen and oxygen atoms in total. The minimum absolute atomic E-state index is 0.00258. The summed E-state index contributed by atoms with van der Waals surface area (Å²) in [5, 5.41) is 2.38. The number of imide groups is 1. The molecule has 7 heterocycles. The lowest BCUT2D eigenvalue weighted by Gasteiger charge is -2.48. The highest BCUT2D eigenvalue weighted by molar-refractivity contribution is 6.05. The van der Waals surface area contributed by atoms with Crippen molar-refractivity contribution in [2.24, 2.45) is 5.92 Å². The summed E-state index contributed by atoms with van der Waals surface area (Å²) >= 11 is 0. The van der Waals surface area contributed by atoms with Gasteiger partial charge in [-0.3, -0.25) is 44.2 Å². The summed E-state index contributed by atoms with van der Waals surface area (Å²) in [5.74, 6) is 7.10. The summed E-state index contributed by atoms with van der Waals surface area (Å²) < 4.78 is 0. The molecule has 3 fully saturated rings. The fourth-order valence-corrected chi connectivity index (χ4v) is 10.5. The van der Waals surface area contributed by atoms with Crippen molar-refractivity contribution in [1.82, 2.24) is 44.8 Å². The van der Waals surface area contributed by atoms with Crippen molar-refractivity contribution in [1.29, 1.82) is 0 Å². The van der Waals surface area contributed by atoms with Crippen molar-refractivity contribution in [3.63, 3.8) is 0 Å². The normalized spacial score (nSPS) is 20.8. The van der Waals surface area contributed by atoms with Crippen molar-refractivity contribution in [3.8, 4) is 23.2 Å². The fourth-order valence-electron chi connectivity index (χ4n) is 10.5. The zero-order valence-corrected chi connectivity index (χ0v) is 38.9. The van der Waals surface area contributed by atoms with Crippen LogP contribution in [0.2, 0.25) is 0 Å². The topological polar surface area (TPSA) is 135 Å². The van der Waals surface area contributed by atoms with Crippen LogP contribution < -0.4 is 5.32 Å². The number of allylic oxidation sites excluding steroid dienone is 1. The minimum atomic E-state index is -0.591. The van der Waals surface area contributed by atoms with Gasteiger partial charge >= 0.3 is 0 Å².